The second-order valence-electron chi connectivity index (χ2n) is 7.91. The molecule has 1 amide bonds. The van der Waals surface area contributed by atoms with Crippen LogP contribution in [0.4, 0.5) is 5.69 Å². The first-order valence-corrected chi connectivity index (χ1v) is 11.7. The molecule has 0 aliphatic carbocycles. The summed E-state index contributed by atoms with van der Waals surface area (Å²) < 4.78 is 35.8. The number of para-hydroxylation sites is 1. The van der Waals surface area contributed by atoms with E-state index in [0.717, 1.165) is 12.8 Å². The topological polar surface area (TPSA) is 121 Å². The van der Waals surface area contributed by atoms with Gasteiger partial charge in [0.1, 0.15) is 19.0 Å². The van der Waals surface area contributed by atoms with Crippen molar-refractivity contribution in [3.8, 4) is 17.2 Å². The van der Waals surface area contributed by atoms with Crippen molar-refractivity contribution >= 4 is 29.0 Å². The predicted octanol–water partition coefficient (Wildman–Crippen LogP) is 2.10. The van der Waals surface area contributed by atoms with Crippen LogP contribution in [-0.2, 0) is 11.5 Å². The Hall–Kier alpha value is -3.11. The maximum absolute atomic E-state index is 13.2. The Balaban J connectivity index is 1.27. The molecule has 3 heterocycles. The maximum atomic E-state index is 13.2. The van der Waals surface area contributed by atoms with Gasteiger partial charge in [-0.3, -0.25) is 4.79 Å². The zero-order chi connectivity index (χ0) is 22.1. The first-order valence-electron chi connectivity index (χ1n) is 10.6. The molecule has 32 heavy (non-hydrogen) atoms. The normalized spacial score (nSPS) is 21.8. The van der Waals surface area contributed by atoms with Crippen molar-refractivity contribution in [3.05, 3.63) is 47.5 Å². The van der Waals surface area contributed by atoms with Gasteiger partial charge in [-0.25, -0.2) is 0 Å². The lowest BCUT2D eigenvalue weighted by Gasteiger charge is -2.33. The maximum Gasteiger partial charge on any atom is 0.257 e. The Morgan fingerprint density at radius 2 is 2.12 bits per heavy atom. The monoisotopic (exact) mass is 456 g/mol. The summed E-state index contributed by atoms with van der Waals surface area (Å²) in [5.74, 6) is 2.02. The van der Waals surface area contributed by atoms with Crippen LogP contribution in [0, 0.1) is 5.92 Å². The SMILES string of the molecule is NC1=N[S+]([O-])Nc2cccc(OCC3CCCN(C(=O)c4cccc5c4OCCO5)C3)c21. The van der Waals surface area contributed by atoms with Gasteiger partial charge in [-0.15, -0.1) is 0 Å². The molecule has 0 bridgehead atoms. The molecule has 0 saturated carbocycles. The van der Waals surface area contributed by atoms with Gasteiger partial charge in [-0.2, -0.15) is 4.72 Å². The number of hydrogen-bond acceptors (Lipinski definition) is 8. The van der Waals surface area contributed by atoms with Gasteiger partial charge >= 0.3 is 0 Å². The number of nitrogens with zero attached hydrogens (tertiary/aromatic N) is 2. The molecule has 0 radical (unpaired) electrons. The molecule has 1 fully saturated rings. The summed E-state index contributed by atoms with van der Waals surface area (Å²) in [6.45, 7) is 2.63. The first-order chi connectivity index (χ1) is 15.6. The fourth-order valence-electron chi connectivity index (χ4n) is 4.26. The van der Waals surface area contributed by atoms with Crippen molar-refractivity contribution in [2.24, 2.45) is 16.0 Å². The van der Waals surface area contributed by atoms with E-state index in [9.17, 15) is 9.35 Å². The summed E-state index contributed by atoms with van der Waals surface area (Å²) in [4.78, 5) is 15.1. The zero-order valence-electron chi connectivity index (χ0n) is 17.4. The highest BCUT2D eigenvalue weighted by Gasteiger charge is 2.30. The number of nitrogens with two attached hydrogens (primary N) is 1. The highest BCUT2D eigenvalue weighted by molar-refractivity contribution is 7.91. The number of carbonyl (C=O) groups excluding carboxylic acids is 1. The van der Waals surface area contributed by atoms with Crippen LogP contribution in [0.5, 0.6) is 17.2 Å². The molecule has 2 atom stereocenters. The van der Waals surface area contributed by atoms with E-state index in [1.807, 2.05) is 29.2 Å². The number of hydrogen-bond donors (Lipinski definition) is 2. The fraction of sp³-hybridized carbons (Fsp3) is 0.364. The quantitative estimate of drug-likeness (QED) is 0.676. The van der Waals surface area contributed by atoms with Gasteiger partial charge in [-0.1, -0.05) is 12.1 Å². The van der Waals surface area contributed by atoms with Gasteiger partial charge < -0.3 is 29.4 Å². The van der Waals surface area contributed by atoms with Crippen molar-refractivity contribution < 1.29 is 23.6 Å². The number of benzene rings is 2. The number of likely N-dealkylation sites (tertiary alicyclic amines) is 1. The van der Waals surface area contributed by atoms with E-state index in [2.05, 4.69) is 9.12 Å². The summed E-state index contributed by atoms with van der Waals surface area (Å²) in [5, 5.41) is 0. The van der Waals surface area contributed by atoms with Gasteiger partial charge in [0.05, 0.1) is 23.4 Å². The number of nitrogens with one attached hydrogen (secondary N) is 1. The molecule has 2 aromatic rings. The van der Waals surface area contributed by atoms with E-state index < -0.39 is 11.5 Å². The molecule has 2 aromatic carbocycles. The van der Waals surface area contributed by atoms with Gasteiger partial charge in [0, 0.05) is 19.0 Å². The summed E-state index contributed by atoms with van der Waals surface area (Å²) in [6.07, 6.45) is 1.85. The molecule has 168 valence electrons. The van der Waals surface area contributed by atoms with Crippen LogP contribution in [0.25, 0.3) is 0 Å². The van der Waals surface area contributed by atoms with Gasteiger partial charge in [-0.05, 0) is 41.5 Å². The average Bonchev–Trinajstić information content (AvgIpc) is 2.81. The molecule has 9 nitrogen and oxygen atoms in total. The number of fused-ring (bicyclic) bond motifs is 2. The molecule has 3 aliphatic heterocycles. The standard InChI is InChI=1S/C22H24N4O5S/c23-21-19-16(24-32(28)25-21)6-2-7-17(19)31-13-14-4-3-9-26(12-14)22(27)15-5-1-8-18-20(15)30-11-10-29-18/h1-2,5-8,14,24H,3-4,9-13H2,(H2,23,25). The number of anilines is 1. The van der Waals surface area contributed by atoms with E-state index in [0.29, 0.717) is 67.0 Å². The van der Waals surface area contributed by atoms with Crippen LogP contribution in [0.1, 0.15) is 28.8 Å². The molecule has 10 heteroatoms. The minimum atomic E-state index is -1.58. The second-order valence-corrected chi connectivity index (χ2v) is 8.79. The Labute approximate surface area is 189 Å². The van der Waals surface area contributed by atoms with Crippen LogP contribution in [-0.4, -0.2) is 54.1 Å². The summed E-state index contributed by atoms with van der Waals surface area (Å²) >= 11 is -1.58. The van der Waals surface area contributed by atoms with E-state index in [1.165, 1.54) is 0 Å². The molecule has 0 spiro atoms. The third-order valence-corrected chi connectivity index (χ3v) is 6.50. The van der Waals surface area contributed by atoms with E-state index in [4.69, 9.17) is 19.9 Å². The largest absolute Gasteiger partial charge is 0.566 e. The molecule has 2 unspecified atom stereocenters. The summed E-state index contributed by atoms with van der Waals surface area (Å²) in [5.41, 5.74) is 7.77. The van der Waals surface area contributed by atoms with Gasteiger partial charge in [0.2, 0.25) is 11.5 Å². The minimum absolute atomic E-state index is 0.0582. The highest BCUT2D eigenvalue weighted by atomic mass is 32.2. The smallest absolute Gasteiger partial charge is 0.257 e. The van der Waals surface area contributed by atoms with E-state index in [-0.39, 0.29) is 17.7 Å². The lowest BCUT2D eigenvalue weighted by atomic mass is 9.98. The van der Waals surface area contributed by atoms with Crippen LogP contribution in [0.15, 0.2) is 40.8 Å². The van der Waals surface area contributed by atoms with Crippen LogP contribution >= 0.6 is 0 Å². The Kier molecular flexibility index (Phi) is 5.71. The lowest BCUT2D eigenvalue weighted by Crippen LogP contribution is -2.42. The average molecular weight is 457 g/mol. The second kappa shape index (κ2) is 8.79. The predicted molar refractivity (Wildman–Crippen MR) is 120 cm³/mol. The Morgan fingerprint density at radius 1 is 1.28 bits per heavy atom. The fourth-order valence-corrected chi connectivity index (χ4v) is 4.93. The highest BCUT2D eigenvalue weighted by Crippen LogP contribution is 2.35. The Bertz CT molecular complexity index is 1060. The van der Waals surface area contributed by atoms with E-state index in [1.54, 1.807) is 12.1 Å². The van der Waals surface area contributed by atoms with Crippen molar-refractivity contribution in [1.82, 2.24) is 4.90 Å². The number of amidine groups is 1. The van der Waals surface area contributed by atoms with Crippen LogP contribution in [0.3, 0.4) is 0 Å². The van der Waals surface area contributed by atoms with Crippen molar-refractivity contribution in [2.75, 3.05) is 37.6 Å². The van der Waals surface area contributed by atoms with Gasteiger partial charge in [0.15, 0.2) is 17.3 Å². The first kappa shape index (κ1) is 20.8. The molecule has 5 rings (SSSR count). The number of piperidine rings is 1. The van der Waals surface area contributed by atoms with Crippen molar-refractivity contribution in [3.63, 3.8) is 0 Å². The van der Waals surface area contributed by atoms with Gasteiger partial charge in [0.25, 0.3) is 5.91 Å². The molecule has 3 N–H and O–H groups in total. The number of carbonyl (C=O) groups is 1. The molecular weight excluding hydrogens is 432 g/mol. The van der Waals surface area contributed by atoms with Crippen molar-refractivity contribution in [1.29, 1.82) is 0 Å². The third kappa shape index (κ3) is 4.03. The number of rotatable bonds is 4. The lowest BCUT2D eigenvalue weighted by molar-refractivity contribution is 0.0624. The van der Waals surface area contributed by atoms with Crippen molar-refractivity contribution in [2.45, 2.75) is 12.8 Å². The van der Waals surface area contributed by atoms with E-state index >= 15 is 0 Å². The molecular formula is C22H24N4O5S. The summed E-state index contributed by atoms with van der Waals surface area (Å²) in [6, 6.07) is 10.8. The minimum Gasteiger partial charge on any atom is -0.566 e. The number of amides is 1. The third-order valence-electron chi connectivity index (χ3n) is 5.74. The zero-order valence-corrected chi connectivity index (χ0v) is 18.2. The van der Waals surface area contributed by atoms with Crippen LogP contribution in [0.2, 0.25) is 0 Å². The summed E-state index contributed by atoms with van der Waals surface area (Å²) in [7, 11) is 0. The molecule has 0 aromatic heterocycles. The molecule has 1 saturated heterocycles. The molecule has 3 aliphatic rings. The Morgan fingerprint density at radius 3 is 3.03 bits per heavy atom. The number of ether oxygens (including phenoxy) is 3. The van der Waals surface area contributed by atoms with Crippen LogP contribution < -0.4 is 24.7 Å².